The van der Waals surface area contributed by atoms with E-state index >= 15 is 0 Å². The first-order valence-electron chi connectivity index (χ1n) is 19.4. The van der Waals surface area contributed by atoms with E-state index in [1.807, 2.05) is 6.92 Å². The molecule has 3 N–H and O–H groups in total. The van der Waals surface area contributed by atoms with Crippen molar-refractivity contribution in [3.8, 4) is 23.0 Å². The summed E-state index contributed by atoms with van der Waals surface area (Å²) in [6, 6.07) is 17.1. The van der Waals surface area contributed by atoms with Gasteiger partial charge in [0.2, 0.25) is 0 Å². The normalized spacial score (nSPS) is 14.0. The summed E-state index contributed by atoms with van der Waals surface area (Å²) in [5.41, 5.74) is 10.4. The molecule has 0 atom stereocenters. The Hall–Kier alpha value is -3.96. The number of hydrogen-bond donors (Lipinski definition) is 3. The SMILES string of the molecule is CCOCCOc1c2cc(C(C)(C)C)cc1Cc1cc(C(C)(C)C)cc(c1O)Cc1cc(C(C)(C)C)cc(c1O)Cc1cc(C(C)(C)C)cc(c1O)C2. The number of phenolic OH excluding ortho intramolecular Hbond substituents is 3. The van der Waals surface area contributed by atoms with Crippen LogP contribution in [0.25, 0.3) is 0 Å². The molecule has 0 unspecified atom stereocenters. The molecule has 8 bridgehead atoms. The molecule has 0 aliphatic heterocycles. The third-order valence-electron chi connectivity index (χ3n) is 10.7. The minimum Gasteiger partial charge on any atom is -0.507 e. The monoisotopic (exact) mass is 720 g/mol. The number of phenols is 3. The third-order valence-corrected chi connectivity index (χ3v) is 10.7. The first-order valence-corrected chi connectivity index (χ1v) is 19.4. The van der Waals surface area contributed by atoms with Gasteiger partial charge >= 0.3 is 0 Å². The molecule has 5 rings (SSSR count). The van der Waals surface area contributed by atoms with Gasteiger partial charge in [0, 0.05) is 32.3 Å². The average Bonchev–Trinajstić information content (AvgIpc) is 3.02. The lowest BCUT2D eigenvalue weighted by atomic mass is 9.79. The van der Waals surface area contributed by atoms with Crippen LogP contribution in [-0.2, 0) is 52.1 Å². The standard InChI is InChI=1S/C48H64O5/c1-14-52-15-16-53-44-35-19-33-25-38(46(5,6)7)23-31(42(33)50)17-29-21-37(45(2,3)4)22-30(41(29)49)18-32-24-39(47(8,9)10)26-34(43(32)51)20-36(44)28-40(27-35)48(11,12)13/h21-28,49-51H,14-20H2,1-13H3. The van der Waals surface area contributed by atoms with Gasteiger partial charge in [0.05, 0.1) is 6.61 Å². The summed E-state index contributed by atoms with van der Waals surface area (Å²) < 4.78 is 12.4. The Labute approximate surface area is 319 Å². The average molecular weight is 721 g/mol. The molecule has 1 aliphatic rings. The number of ether oxygens (including phenoxy) is 2. The molecule has 0 aromatic heterocycles. The number of fused-ring (bicyclic) bond motifs is 8. The van der Waals surface area contributed by atoms with Crippen LogP contribution in [0.15, 0.2) is 48.5 Å². The van der Waals surface area contributed by atoms with Gasteiger partial charge in [-0.1, -0.05) is 132 Å². The summed E-state index contributed by atoms with van der Waals surface area (Å²) in [5, 5.41) is 36.4. The second-order valence-electron chi connectivity index (χ2n) is 19.3. The second kappa shape index (κ2) is 14.7. The quantitative estimate of drug-likeness (QED) is 0.158. The van der Waals surface area contributed by atoms with Crippen molar-refractivity contribution in [3.05, 3.63) is 115 Å². The van der Waals surface area contributed by atoms with Crippen LogP contribution in [0.4, 0.5) is 0 Å². The Kier molecular flexibility index (Phi) is 11.2. The summed E-state index contributed by atoms with van der Waals surface area (Å²) in [6.07, 6.45) is 1.61. The smallest absolute Gasteiger partial charge is 0.126 e. The van der Waals surface area contributed by atoms with Gasteiger partial charge in [0.25, 0.3) is 0 Å². The van der Waals surface area contributed by atoms with Crippen molar-refractivity contribution in [2.45, 2.75) is 137 Å². The zero-order valence-corrected chi connectivity index (χ0v) is 34.7. The van der Waals surface area contributed by atoms with E-state index in [1.54, 1.807) is 0 Å². The topological polar surface area (TPSA) is 79.2 Å². The molecule has 0 saturated heterocycles. The van der Waals surface area contributed by atoms with Crippen LogP contribution in [0.3, 0.4) is 0 Å². The van der Waals surface area contributed by atoms with E-state index in [0.29, 0.717) is 45.5 Å². The van der Waals surface area contributed by atoms with Crippen LogP contribution >= 0.6 is 0 Å². The predicted octanol–water partition coefficient (Wildman–Crippen LogP) is 11.1. The maximum Gasteiger partial charge on any atom is 0.126 e. The van der Waals surface area contributed by atoms with Crippen molar-refractivity contribution >= 4 is 0 Å². The van der Waals surface area contributed by atoms with Crippen LogP contribution < -0.4 is 4.74 Å². The molecule has 4 aromatic rings. The largest absolute Gasteiger partial charge is 0.507 e. The Morgan fingerprint density at radius 1 is 0.415 bits per heavy atom. The number of rotatable bonds is 5. The maximum absolute atomic E-state index is 12.2. The number of aromatic hydroxyl groups is 3. The lowest BCUT2D eigenvalue weighted by Crippen LogP contribution is -2.17. The van der Waals surface area contributed by atoms with Gasteiger partial charge in [-0.15, -0.1) is 0 Å². The van der Waals surface area contributed by atoms with Crippen LogP contribution in [0.5, 0.6) is 23.0 Å². The lowest BCUT2D eigenvalue weighted by Gasteiger charge is -2.27. The summed E-state index contributed by atoms with van der Waals surface area (Å²) >= 11 is 0. The van der Waals surface area contributed by atoms with Crippen molar-refractivity contribution in [2.24, 2.45) is 0 Å². The fourth-order valence-corrected chi connectivity index (χ4v) is 7.19. The predicted molar refractivity (Wildman–Crippen MR) is 219 cm³/mol. The van der Waals surface area contributed by atoms with E-state index in [1.165, 1.54) is 0 Å². The Balaban J connectivity index is 1.90. The van der Waals surface area contributed by atoms with E-state index in [-0.39, 0.29) is 38.9 Å². The van der Waals surface area contributed by atoms with Gasteiger partial charge in [0.15, 0.2) is 0 Å². The molecule has 0 saturated carbocycles. The molecular weight excluding hydrogens is 657 g/mol. The van der Waals surface area contributed by atoms with Crippen molar-refractivity contribution in [2.75, 3.05) is 19.8 Å². The van der Waals surface area contributed by atoms with Gasteiger partial charge in [0.1, 0.15) is 29.6 Å². The van der Waals surface area contributed by atoms with E-state index < -0.39 is 0 Å². The summed E-state index contributed by atoms with van der Waals surface area (Å²) in [6.45, 7) is 29.8. The van der Waals surface area contributed by atoms with Crippen molar-refractivity contribution < 1.29 is 24.8 Å². The Morgan fingerprint density at radius 2 is 0.660 bits per heavy atom. The fourth-order valence-electron chi connectivity index (χ4n) is 7.19. The molecular formula is C48H64O5. The highest BCUT2D eigenvalue weighted by molar-refractivity contribution is 5.59. The van der Waals surface area contributed by atoms with E-state index in [0.717, 1.165) is 72.5 Å². The second-order valence-corrected chi connectivity index (χ2v) is 19.3. The zero-order valence-electron chi connectivity index (χ0n) is 34.7. The summed E-state index contributed by atoms with van der Waals surface area (Å²) in [4.78, 5) is 0. The van der Waals surface area contributed by atoms with Gasteiger partial charge in [-0.2, -0.15) is 0 Å². The summed E-state index contributed by atoms with van der Waals surface area (Å²) in [5.74, 6) is 1.46. The van der Waals surface area contributed by atoms with Crippen LogP contribution in [0, 0.1) is 0 Å². The van der Waals surface area contributed by atoms with Gasteiger partial charge in [-0.25, -0.2) is 0 Å². The molecule has 0 radical (unpaired) electrons. The highest BCUT2D eigenvalue weighted by atomic mass is 16.5. The van der Waals surface area contributed by atoms with E-state index in [2.05, 4.69) is 132 Å². The van der Waals surface area contributed by atoms with E-state index in [4.69, 9.17) is 9.47 Å². The molecule has 286 valence electrons. The first-order chi connectivity index (χ1) is 24.5. The zero-order chi connectivity index (χ0) is 39.3. The fraction of sp³-hybridized carbons (Fsp3) is 0.500. The lowest BCUT2D eigenvalue weighted by molar-refractivity contribution is 0.109. The van der Waals surface area contributed by atoms with E-state index in [9.17, 15) is 15.3 Å². The summed E-state index contributed by atoms with van der Waals surface area (Å²) in [7, 11) is 0. The van der Waals surface area contributed by atoms with Crippen LogP contribution in [0.2, 0.25) is 0 Å². The molecule has 5 heteroatoms. The van der Waals surface area contributed by atoms with Crippen LogP contribution in [0.1, 0.15) is 157 Å². The van der Waals surface area contributed by atoms with Crippen molar-refractivity contribution in [3.63, 3.8) is 0 Å². The Morgan fingerprint density at radius 3 is 0.906 bits per heavy atom. The molecule has 5 nitrogen and oxygen atoms in total. The van der Waals surface area contributed by atoms with Gasteiger partial charge in [-0.3, -0.25) is 0 Å². The molecule has 4 aromatic carbocycles. The molecule has 0 fully saturated rings. The highest BCUT2D eigenvalue weighted by Gasteiger charge is 2.28. The molecule has 0 heterocycles. The minimum absolute atomic E-state index is 0.167. The molecule has 1 aliphatic carbocycles. The first kappa shape index (κ1) is 40.2. The highest BCUT2D eigenvalue weighted by Crippen LogP contribution is 2.43. The molecule has 53 heavy (non-hydrogen) atoms. The van der Waals surface area contributed by atoms with Crippen molar-refractivity contribution in [1.29, 1.82) is 0 Å². The Bertz CT molecular complexity index is 1850. The van der Waals surface area contributed by atoms with Crippen LogP contribution in [-0.4, -0.2) is 35.1 Å². The van der Waals surface area contributed by atoms with Crippen molar-refractivity contribution in [1.82, 2.24) is 0 Å². The minimum atomic E-state index is -0.189. The molecule has 0 amide bonds. The molecule has 0 spiro atoms. The third kappa shape index (κ3) is 9.06. The number of benzene rings is 4. The number of hydrogen-bond acceptors (Lipinski definition) is 5. The van der Waals surface area contributed by atoms with Gasteiger partial charge < -0.3 is 24.8 Å². The van der Waals surface area contributed by atoms with Gasteiger partial charge in [-0.05, 0) is 95.3 Å². The maximum atomic E-state index is 12.2.